The first-order chi connectivity index (χ1) is 9.04. The summed E-state index contributed by atoms with van der Waals surface area (Å²) in [5, 5.41) is 1.50. The van der Waals surface area contributed by atoms with E-state index in [0.29, 0.717) is 0 Å². The average Bonchev–Trinajstić information content (AvgIpc) is 2.34. The minimum Gasteiger partial charge on any atom is -0.328 e. The molecule has 0 aliphatic rings. The van der Waals surface area contributed by atoms with Crippen molar-refractivity contribution < 1.29 is 0 Å². The van der Waals surface area contributed by atoms with Crippen LogP contribution in [0.4, 0.5) is 0 Å². The lowest BCUT2D eigenvalue weighted by molar-refractivity contribution is 0.738. The first-order valence-corrected chi connectivity index (χ1v) is 7.59. The SMILES string of the molecule is CC(N)Cc1ccc(Sc2ccc(Cl)cc2)c(Cl)c1. The molecule has 0 bridgehead atoms. The lowest BCUT2D eigenvalue weighted by Gasteiger charge is -2.09. The van der Waals surface area contributed by atoms with Gasteiger partial charge in [0, 0.05) is 20.9 Å². The topological polar surface area (TPSA) is 26.0 Å². The zero-order valence-corrected chi connectivity index (χ0v) is 12.9. The molecule has 0 radical (unpaired) electrons. The molecule has 0 spiro atoms. The summed E-state index contributed by atoms with van der Waals surface area (Å²) in [6.45, 7) is 1.99. The van der Waals surface area contributed by atoms with Crippen LogP contribution in [0, 0.1) is 0 Å². The molecule has 2 N–H and O–H groups in total. The third-order valence-electron chi connectivity index (χ3n) is 2.60. The highest BCUT2D eigenvalue weighted by molar-refractivity contribution is 7.99. The molecular formula is C15H15Cl2NS. The minimum absolute atomic E-state index is 0.144. The van der Waals surface area contributed by atoms with Crippen LogP contribution in [-0.2, 0) is 6.42 Å². The highest BCUT2D eigenvalue weighted by Crippen LogP contribution is 2.34. The molecule has 0 saturated carbocycles. The van der Waals surface area contributed by atoms with Crippen LogP contribution in [0.5, 0.6) is 0 Å². The van der Waals surface area contributed by atoms with Gasteiger partial charge in [0.05, 0.1) is 5.02 Å². The molecular weight excluding hydrogens is 297 g/mol. The van der Waals surface area contributed by atoms with Crippen molar-refractivity contribution in [3.8, 4) is 0 Å². The van der Waals surface area contributed by atoms with Gasteiger partial charge >= 0.3 is 0 Å². The summed E-state index contributed by atoms with van der Waals surface area (Å²) in [5.74, 6) is 0. The largest absolute Gasteiger partial charge is 0.328 e. The second-order valence-corrected chi connectivity index (χ2v) is 6.46. The zero-order valence-electron chi connectivity index (χ0n) is 10.6. The van der Waals surface area contributed by atoms with Gasteiger partial charge < -0.3 is 5.73 Å². The fourth-order valence-corrected chi connectivity index (χ4v) is 3.02. The lowest BCUT2D eigenvalue weighted by atomic mass is 10.1. The van der Waals surface area contributed by atoms with E-state index < -0.39 is 0 Å². The number of rotatable bonds is 4. The predicted octanol–water partition coefficient (Wildman–Crippen LogP) is 5.03. The zero-order chi connectivity index (χ0) is 13.8. The molecule has 0 heterocycles. The van der Waals surface area contributed by atoms with Crippen molar-refractivity contribution in [2.75, 3.05) is 0 Å². The molecule has 0 aromatic heterocycles. The van der Waals surface area contributed by atoms with Crippen molar-refractivity contribution in [3.05, 3.63) is 58.1 Å². The van der Waals surface area contributed by atoms with Crippen LogP contribution in [0.3, 0.4) is 0 Å². The highest BCUT2D eigenvalue weighted by Gasteiger charge is 2.05. The Kier molecular flexibility index (Phi) is 5.17. The summed E-state index contributed by atoms with van der Waals surface area (Å²) >= 11 is 13.8. The van der Waals surface area contributed by atoms with E-state index in [2.05, 4.69) is 6.07 Å². The van der Waals surface area contributed by atoms with Crippen LogP contribution in [-0.4, -0.2) is 6.04 Å². The molecule has 2 aromatic carbocycles. The van der Waals surface area contributed by atoms with Crippen LogP contribution >= 0.6 is 35.0 Å². The Hall–Kier alpha value is -0.670. The van der Waals surface area contributed by atoms with E-state index in [0.717, 1.165) is 26.3 Å². The number of nitrogens with two attached hydrogens (primary N) is 1. The fourth-order valence-electron chi connectivity index (χ4n) is 1.76. The van der Waals surface area contributed by atoms with Crippen LogP contribution < -0.4 is 5.73 Å². The highest BCUT2D eigenvalue weighted by atomic mass is 35.5. The fraction of sp³-hybridized carbons (Fsp3) is 0.200. The van der Waals surface area contributed by atoms with E-state index in [1.807, 2.05) is 43.3 Å². The second-order valence-electron chi connectivity index (χ2n) is 4.50. The molecule has 2 rings (SSSR count). The Morgan fingerprint density at radius 2 is 1.79 bits per heavy atom. The summed E-state index contributed by atoms with van der Waals surface area (Å²) < 4.78 is 0. The maximum atomic E-state index is 6.31. The average molecular weight is 312 g/mol. The van der Waals surface area contributed by atoms with Crippen LogP contribution in [0.25, 0.3) is 0 Å². The van der Waals surface area contributed by atoms with Crippen molar-refractivity contribution in [2.24, 2.45) is 5.73 Å². The van der Waals surface area contributed by atoms with Crippen LogP contribution in [0.15, 0.2) is 52.3 Å². The van der Waals surface area contributed by atoms with Crippen molar-refractivity contribution in [1.82, 2.24) is 0 Å². The van der Waals surface area contributed by atoms with Crippen molar-refractivity contribution in [3.63, 3.8) is 0 Å². The summed E-state index contributed by atoms with van der Waals surface area (Å²) in [4.78, 5) is 2.16. The quantitative estimate of drug-likeness (QED) is 0.856. The van der Waals surface area contributed by atoms with E-state index in [1.54, 1.807) is 11.8 Å². The maximum Gasteiger partial charge on any atom is 0.0548 e. The van der Waals surface area contributed by atoms with E-state index in [1.165, 1.54) is 5.56 Å². The van der Waals surface area contributed by atoms with Gasteiger partial charge in [0.1, 0.15) is 0 Å². The van der Waals surface area contributed by atoms with Crippen molar-refractivity contribution in [1.29, 1.82) is 0 Å². The van der Waals surface area contributed by atoms with Gasteiger partial charge in [-0.2, -0.15) is 0 Å². The summed E-state index contributed by atoms with van der Waals surface area (Å²) in [6.07, 6.45) is 0.839. The Bertz CT molecular complexity index is 553. The Morgan fingerprint density at radius 3 is 2.37 bits per heavy atom. The van der Waals surface area contributed by atoms with Crippen LogP contribution in [0.1, 0.15) is 12.5 Å². The Balaban J connectivity index is 2.15. The molecule has 0 aliphatic heterocycles. The van der Waals surface area contributed by atoms with Gasteiger partial charge in [0.2, 0.25) is 0 Å². The Labute approximate surface area is 128 Å². The normalized spacial score (nSPS) is 12.4. The summed E-state index contributed by atoms with van der Waals surface area (Å²) in [5.41, 5.74) is 6.96. The number of benzene rings is 2. The van der Waals surface area contributed by atoms with E-state index in [4.69, 9.17) is 28.9 Å². The summed E-state index contributed by atoms with van der Waals surface area (Å²) in [6, 6.07) is 14.0. The predicted molar refractivity (Wildman–Crippen MR) is 84.4 cm³/mol. The molecule has 4 heteroatoms. The van der Waals surface area contributed by atoms with Gasteiger partial charge in [-0.25, -0.2) is 0 Å². The molecule has 19 heavy (non-hydrogen) atoms. The van der Waals surface area contributed by atoms with E-state index in [-0.39, 0.29) is 6.04 Å². The Morgan fingerprint density at radius 1 is 1.11 bits per heavy atom. The smallest absolute Gasteiger partial charge is 0.0548 e. The minimum atomic E-state index is 0.144. The lowest BCUT2D eigenvalue weighted by Crippen LogP contribution is -2.17. The van der Waals surface area contributed by atoms with E-state index >= 15 is 0 Å². The third kappa shape index (κ3) is 4.43. The van der Waals surface area contributed by atoms with Crippen molar-refractivity contribution >= 4 is 35.0 Å². The van der Waals surface area contributed by atoms with Crippen molar-refractivity contribution in [2.45, 2.75) is 29.2 Å². The number of hydrogen-bond donors (Lipinski definition) is 1. The molecule has 0 amide bonds. The maximum absolute atomic E-state index is 6.31. The monoisotopic (exact) mass is 311 g/mol. The molecule has 0 fully saturated rings. The van der Waals surface area contributed by atoms with Gasteiger partial charge in [-0.15, -0.1) is 0 Å². The summed E-state index contributed by atoms with van der Waals surface area (Å²) in [7, 11) is 0. The van der Waals surface area contributed by atoms with Gasteiger partial charge in [0.25, 0.3) is 0 Å². The molecule has 0 aliphatic carbocycles. The molecule has 1 atom stereocenters. The standard InChI is InChI=1S/C15H15Cl2NS/c1-10(18)8-11-2-7-15(14(17)9-11)19-13-5-3-12(16)4-6-13/h2-7,9-10H,8,18H2,1H3. The number of halogens is 2. The van der Waals surface area contributed by atoms with Gasteiger partial charge in [-0.1, -0.05) is 41.0 Å². The van der Waals surface area contributed by atoms with Crippen LogP contribution in [0.2, 0.25) is 10.0 Å². The second kappa shape index (κ2) is 6.67. The van der Waals surface area contributed by atoms with E-state index in [9.17, 15) is 0 Å². The molecule has 1 nitrogen and oxygen atoms in total. The van der Waals surface area contributed by atoms with Gasteiger partial charge in [0.15, 0.2) is 0 Å². The number of hydrogen-bond acceptors (Lipinski definition) is 2. The van der Waals surface area contributed by atoms with Gasteiger partial charge in [-0.3, -0.25) is 0 Å². The first-order valence-electron chi connectivity index (χ1n) is 6.02. The van der Waals surface area contributed by atoms with Gasteiger partial charge in [-0.05, 0) is 55.3 Å². The molecule has 2 aromatic rings. The molecule has 0 saturated heterocycles. The first kappa shape index (κ1) is 14.7. The molecule has 1 unspecified atom stereocenters. The molecule has 100 valence electrons. The third-order valence-corrected chi connectivity index (χ3v) is 4.36.